The van der Waals surface area contributed by atoms with E-state index in [-0.39, 0.29) is 23.5 Å². The molecule has 10 nitrogen and oxygen atoms in total. The lowest BCUT2D eigenvalue weighted by molar-refractivity contribution is -0.127. The number of allylic oxidation sites excluding steroid dienone is 1. The van der Waals surface area contributed by atoms with E-state index >= 15 is 0 Å². The van der Waals surface area contributed by atoms with E-state index in [9.17, 15) is 22.4 Å². The molecule has 214 valence electrons. The average molecular weight is 589 g/mol. The van der Waals surface area contributed by atoms with Crippen molar-refractivity contribution in [3.8, 4) is 0 Å². The van der Waals surface area contributed by atoms with Crippen molar-refractivity contribution in [2.45, 2.75) is 25.6 Å². The predicted octanol–water partition coefficient (Wildman–Crippen LogP) is 3.38. The van der Waals surface area contributed by atoms with E-state index in [0.717, 1.165) is 28.9 Å². The Labute approximate surface area is 237 Å². The minimum Gasteiger partial charge on any atom is -0.371 e. The van der Waals surface area contributed by atoms with Crippen LogP contribution in [-0.4, -0.2) is 63.3 Å². The van der Waals surface area contributed by atoms with Crippen molar-refractivity contribution >= 4 is 61.8 Å². The maximum Gasteiger partial charge on any atom is 0.229 e. The van der Waals surface area contributed by atoms with Crippen LogP contribution < -0.4 is 25.6 Å². The molecule has 0 aliphatic carbocycles. The number of benzene rings is 2. The van der Waals surface area contributed by atoms with Gasteiger partial charge in [-0.25, -0.2) is 17.8 Å². The first-order valence-electron chi connectivity index (χ1n) is 12.8. The SMILES string of the molecule is CC1(Nc2ccc(N3CCC(C(=O)NCC(=O)SCF)CC3)cc2)N=CC=C(c2ccc(NS(C)(=O)=O)cc2)N1. The minimum absolute atomic E-state index is 0.146. The first kappa shape index (κ1) is 29.4. The number of rotatable bonds is 10. The lowest BCUT2D eigenvalue weighted by atomic mass is 9.95. The molecule has 2 aromatic rings. The number of sulfonamides is 1. The van der Waals surface area contributed by atoms with Crippen LogP contribution in [0.4, 0.5) is 21.5 Å². The minimum atomic E-state index is -3.34. The summed E-state index contributed by atoms with van der Waals surface area (Å²) in [5.41, 5.74) is 4.13. The number of anilines is 3. The number of carbonyl (C=O) groups excluding carboxylic acids is 2. The summed E-state index contributed by atoms with van der Waals surface area (Å²) >= 11 is 0.563. The fourth-order valence-corrected chi connectivity index (χ4v) is 5.47. The quantitative estimate of drug-likeness (QED) is 0.332. The first-order valence-corrected chi connectivity index (χ1v) is 15.7. The number of hydrogen-bond donors (Lipinski definition) is 4. The molecular weight excluding hydrogens is 555 g/mol. The van der Waals surface area contributed by atoms with Gasteiger partial charge in [0.25, 0.3) is 0 Å². The van der Waals surface area contributed by atoms with E-state index in [1.807, 2.05) is 49.4 Å². The molecule has 0 bridgehead atoms. The Kier molecular flexibility index (Phi) is 9.36. The lowest BCUT2D eigenvalue weighted by Gasteiger charge is -2.34. The third-order valence-electron chi connectivity index (χ3n) is 6.56. The highest BCUT2D eigenvalue weighted by Crippen LogP contribution is 2.27. The number of piperidine rings is 1. The summed E-state index contributed by atoms with van der Waals surface area (Å²) < 4.78 is 37.6. The Morgan fingerprint density at radius 3 is 2.38 bits per heavy atom. The molecule has 0 aromatic heterocycles. The van der Waals surface area contributed by atoms with Crippen molar-refractivity contribution in [1.29, 1.82) is 0 Å². The molecule has 1 atom stereocenters. The van der Waals surface area contributed by atoms with Crippen LogP contribution in [-0.2, 0) is 19.6 Å². The van der Waals surface area contributed by atoms with Crippen LogP contribution in [0.5, 0.6) is 0 Å². The van der Waals surface area contributed by atoms with Gasteiger partial charge in [0.15, 0.2) is 0 Å². The van der Waals surface area contributed by atoms with Crippen LogP contribution in [0.1, 0.15) is 25.3 Å². The standard InChI is InChI=1S/C27H33FN6O4S2/c1-27(30-14-11-24(32-27)19-3-5-22(6-4-19)33-40(2,37)38)31-21-7-9-23(10-8-21)34-15-12-20(13-16-34)26(36)29-17-25(35)39-18-28/h3-11,14,20,31-33H,12-13,15-18H2,1-2H3,(H,29,36). The number of amides is 1. The van der Waals surface area contributed by atoms with Gasteiger partial charge in [-0.1, -0.05) is 23.9 Å². The van der Waals surface area contributed by atoms with Crippen LogP contribution in [0.15, 0.2) is 59.6 Å². The summed E-state index contributed by atoms with van der Waals surface area (Å²) in [6, 6.07) is 14.3. The Hall–Kier alpha value is -3.58. The fraction of sp³-hybridized carbons (Fsp3) is 0.370. The van der Waals surface area contributed by atoms with Crippen molar-refractivity contribution in [2.24, 2.45) is 10.9 Å². The number of halogens is 1. The third-order valence-corrected chi connectivity index (χ3v) is 7.74. The zero-order valence-corrected chi connectivity index (χ0v) is 23.9. The van der Waals surface area contributed by atoms with Gasteiger partial charge in [-0.3, -0.25) is 14.3 Å². The normalized spacial score (nSPS) is 19.4. The maximum absolute atomic E-state index is 12.4. The fourth-order valence-electron chi connectivity index (χ4n) is 4.61. The van der Waals surface area contributed by atoms with Crippen LogP contribution in [0.25, 0.3) is 5.70 Å². The van der Waals surface area contributed by atoms with Gasteiger partial charge in [0.05, 0.1) is 12.8 Å². The summed E-state index contributed by atoms with van der Waals surface area (Å²) in [5.74, 6) is -1.12. The van der Waals surface area contributed by atoms with E-state index in [0.29, 0.717) is 43.4 Å². The van der Waals surface area contributed by atoms with Gasteiger partial charge in [-0.15, -0.1) is 0 Å². The Morgan fingerprint density at radius 1 is 1.10 bits per heavy atom. The molecule has 2 aliphatic heterocycles. The van der Waals surface area contributed by atoms with Gasteiger partial charge in [0.1, 0.15) is 6.01 Å². The zero-order chi connectivity index (χ0) is 28.8. The number of aliphatic imine (C=N–C) groups is 1. The van der Waals surface area contributed by atoms with Crippen LogP contribution >= 0.6 is 11.8 Å². The topological polar surface area (TPSA) is 132 Å². The summed E-state index contributed by atoms with van der Waals surface area (Å²) in [6.07, 6.45) is 6.05. The highest BCUT2D eigenvalue weighted by molar-refractivity contribution is 8.13. The van der Waals surface area contributed by atoms with Gasteiger partial charge in [0, 0.05) is 48.0 Å². The van der Waals surface area contributed by atoms with Crippen molar-refractivity contribution in [2.75, 3.05) is 46.8 Å². The first-order chi connectivity index (χ1) is 19.0. The second kappa shape index (κ2) is 12.7. The molecule has 1 saturated heterocycles. The largest absolute Gasteiger partial charge is 0.371 e. The molecule has 0 saturated carbocycles. The van der Waals surface area contributed by atoms with E-state index in [4.69, 9.17) is 0 Å². The van der Waals surface area contributed by atoms with Crippen LogP contribution in [0.2, 0.25) is 0 Å². The molecular formula is C27H33FN6O4S2. The van der Waals surface area contributed by atoms with Crippen molar-refractivity contribution in [3.63, 3.8) is 0 Å². The number of nitrogens with one attached hydrogen (secondary N) is 4. The summed E-state index contributed by atoms with van der Waals surface area (Å²) in [7, 11) is -3.34. The Bertz CT molecular complexity index is 1370. The summed E-state index contributed by atoms with van der Waals surface area (Å²) in [4.78, 5) is 30.6. The highest BCUT2D eigenvalue weighted by atomic mass is 32.2. The number of nitrogens with zero attached hydrogens (tertiary/aromatic N) is 2. The number of thioether (sulfide) groups is 1. The van der Waals surface area contributed by atoms with Crippen molar-refractivity contribution in [1.82, 2.24) is 10.6 Å². The maximum atomic E-state index is 12.4. The Morgan fingerprint density at radius 2 is 1.75 bits per heavy atom. The lowest BCUT2D eigenvalue weighted by Crippen LogP contribution is -2.48. The molecule has 4 N–H and O–H groups in total. The van der Waals surface area contributed by atoms with E-state index in [1.165, 1.54) is 0 Å². The molecule has 0 radical (unpaired) electrons. The molecule has 4 rings (SSSR count). The van der Waals surface area contributed by atoms with E-state index in [1.54, 1.807) is 18.3 Å². The van der Waals surface area contributed by atoms with Crippen LogP contribution in [0.3, 0.4) is 0 Å². The smallest absolute Gasteiger partial charge is 0.229 e. The van der Waals surface area contributed by atoms with Crippen LogP contribution in [0, 0.1) is 5.92 Å². The summed E-state index contributed by atoms with van der Waals surface area (Å²) in [6.45, 7) is 3.21. The molecule has 2 heterocycles. The van der Waals surface area contributed by atoms with E-state index < -0.39 is 21.8 Å². The molecule has 40 heavy (non-hydrogen) atoms. The summed E-state index contributed by atoms with van der Waals surface area (Å²) in [5, 5.41) is 9.06. The molecule has 0 spiro atoms. The number of alkyl halides is 1. The second-order valence-electron chi connectivity index (χ2n) is 9.78. The van der Waals surface area contributed by atoms with Gasteiger partial charge >= 0.3 is 0 Å². The molecule has 1 amide bonds. The van der Waals surface area contributed by atoms with Gasteiger partial charge in [-0.05, 0) is 67.8 Å². The van der Waals surface area contributed by atoms with E-state index in [2.05, 4.69) is 30.6 Å². The predicted molar refractivity (Wildman–Crippen MR) is 160 cm³/mol. The van der Waals surface area contributed by atoms with Gasteiger partial charge < -0.3 is 20.9 Å². The number of carbonyl (C=O) groups is 2. The highest BCUT2D eigenvalue weighted by Gasteiger charge is 2.27. The van der Waals surface area contributed by atoms with Crippen molar-refractivity contribution < 1.29 is 22.4 Å². The molecule has 2 aliphatic rings. The third kappa shape index (κ3) is 8.21. The van der Waals surface area contributed by atoms with Gasteiger partial charge in [0.2, 0.25) is 26.8 Å². The molecule has 1 fully saturated rings. The monoisotopic (exact) mass is 588 g/mol. The molecule has 2 aromatic carbocycles. The Balaban J connectivity index is 1.29. The van der Waals surface area contributed by atoms with Gasteiger partial charge in [-0.2, -0.15) is 0 Å². The second-order valence-corrected chi connectivity index (χ2v) is 12.5. The molecule has 1 unspecified atom stereocenters. The average Bonchev–Trinajstić information content (AvgIpc) is 2.92. The molecule has 13 heteroatoms. The zero-order valence-electron chi connectivity index (χ0n) is 22.3. The van der Waals surface area contributed by atoms with Crippen molar-refractivity contribution in [3.05, 3.63) is 60.2 Å². The number of hydrogen-bond acceptors (Lipinski definition) is 9.